The fourth-order valence-corrected chi connectivity index (χ4v) is 3.38. The first-order valence-electron chi connectivity index (χ1n) is 8.17. The molecule has 2 aromatic carbocycles. The molecule has 0 aromatic heterocycles. The van der Waals surface area contributed by atoms with Crippen LogP contribution in [0.4, 0.5) is 20.2 Å². The lowest BCUT2D eigenvalue weighted by Gasteiger charge is -2.27. The monoisotopic (exact) mass is 382 g/mol. The molecule has 0 saturated carbocycles. The Balaban J connectivity index is 1.80. The zero-order valence-corrected chi connectivity index (χ0v) is 14.5. The van der Waals surface area contributed by atoms with Crippen LogP contribution in [-0.4, -0.2) is 24.5 Å². The van der Waals surface area contributed by atoms with Gasteiger partial charge in [-0.1, -0.05) is 17.7 Å². The number of benzene rings is 2. The molecule has 0 aliphatic carbocycles. The number of nitrogens with zero attached hydrogens (tertiary/aromatic N) is 2. The second-order valence-corrected chi connectivity index (χ2v) is 6.42. The number of rotatable bonds is 6. The van der Waals surface area contributed by atoms with E-state index in [-0.39, 0.29) is 16.8 Å². The fraction of sp³-hybridized carbons (Fsp3) is 0.333. The summed E-state index contributed by atoms with van der Waals surface area (Å²) < 4.78 is 29.4. The minimum atomic E-state index is -2.52. The van der Waals surface area contributed by atoms with Crippen LogP contribution in [0.2, 0.25) is 5.02 Å². The van der Waals surface area contributed by atoms with Gasteiger partial charge in [0, 0.05) is 18.3 Å². The lowest BCUT2D eigenvalue weighted by molar-refractivity contribution is -0.384. The predicted molar refractivity (Wildman–Crippen MR) is 95.4 cm³/mol. The van der Waals surface area contributed by atoms with E-state index < -0.39 is 18.0 Å². The van der Waals surface area contributed by atoms with Crippen LogP contribution < -0.4 is 9.64 Å². The zero-order chi connectivity index (χ0) is 18.7. The highest BCUT2D eigenvalue weighted by Gasteiger charge is 2.28. The minimum Gasteiger partial charge on any atom is -0.488 e. The summed E-state index contributed by atoms with van der Waals surface area (Å²) in [6.45, 7) is 0.165. The second-order valence-electron chi connectivity index (χ2n) is 6.02. The van der Waals surface area contributed by atoms with Gasteiger partial charge in [-0.2, -0.15) is 0 Å². The normalized spacial score (nSPS) is 16.9. The van der Waals surface area contributed by atoms with E-state index in [1.165, 1.54) is 6.07 Å². The largest absolute Gasteiger partial charge is 0.488 e. The highest BCUT2D eigenvalue weighted by atomic mass is 35.5. The molecule has 1 aliphatic rings. The van der Waals surface area contributed by atoms with E-state index in [4.69, 9.17) is 16.3 Å². The summed E-state index contributed by atoms with van der Waals surface area (Å²) in [6.07, 6.45) is -0.703. The molecule has 26 heavy (non-hydrogen) atoms. The molecule has 3 rings (SSSR count). The summed E-state index contributed by atoms with van der Waals surface area (Å²) in [7, 11) is 0. The van der Waals surface area contributed by atoms with Gasteiger partial charge in [0.15, 0.2) is 0 Å². The highest BCUT2D eigenvalue weighted by molar-refractivity contribution is 6.32. The van der Waals surface area contributed by atoms with Crippen molar-refractivity contribution >= 4 is 23.0 Å². The SMILES string of the molecule is O=[N+]([O-])c1cc(C2CCCN2c2ccc(OCC(F)F)cc2)ccc1Cl. The number of halogens is 3. The maximum absolute atomic E-state index is 12.2. The molecule has 138 valence electrons. The molecule has 0 N–H and O–H groups in total. The van der Waals surface area contributed by atoms with E-state index in [9.17, 15) is 18.9 Å². The van der Waals surface area contributed by atoms with Gasteiger partial charge in [-0.05, 0) is 48.7 Å². The molecule has 8 heteroatoms. The van der Waals surface area contributed by atoms with Crippen LogP contribution in [0.1, 0.15) is 24.4 Å². The summed E-state index contributed by atoms with van der Waals surface area (Å²) in [5, 5.41) is 11.2. The number of hydrogen-bond acceptors (Lipinski definition) is 4. The summed E-state index contributed by atoms with van der Waals surface area (Å²) in [6, 6.07) is 11.8. The Morgan fingerprint density at radius 2 is 2.00 bits per heavy atom. The van der Waals surface area contributed by atoms with Crippen molar-refractivity contribution in [3.8, 4) is 5.75 Å². The van der Waals surface area contributed by atoms with E-state index in [2.05, 4.69) is 4.90 Å². The standard InChI is InChI=1S/C18H17ClF2N2O3/c19-15-8-3-12(10-17(15)23(24)25)16-2-1-9-22(16)13-4-6-14(7-5-13)26-11-18(20)21/h3-8,10,16,18H,1-2,9,11H2. The van der Waals surface area contributed by atoms with Gasteiger partial charge in [-0.15, -0.1) is 0 Å². The molecule has 1 atom stereocenters. The molecule has 0 radical (unpaired) electrons. The number of ether oxygens (including phenoxy) is 1. The van der Waals surface area contributed by atoms with Crippen molar-refractivity contribution in [2.24, 2.45) is 0 Å². The maximum Gasteiger partial charge on any atom is 0.288 e. The van der Waals surface area contributed by atoms with Gasteiger partial charge < -0.3 is 9.64 Å². The van der Waals surface area contributed by atoms with Gasteiger partial charge in [-0.25, -0.2) is 8.78 Å². The van der Waals surface area contributed by atoms with Crippen molar-refractivity contribution in [3.63, 3.8) is 0 Å². The molecule has 1 heterocycles. The lowest BCUT2D eigenvalue weighted by atomic mass is 10.0. The maximum atomic E-state index is 12.2. The Bertz CT molecular complexity index is 787. The Hall–Kier alpha value is -2.41. The second kappa shape index (κ2) is 7.86. The van der Waals surface area contributed by atoms with Crippen molar-refractivity contribution in [1.82, 2.24) is 0 Å². The van der Waals surface area contributed by atoms with E-state index in [1.807, 2.05) is 12.1 Å². The van der Waals surface area contributed by atoms with Crippen LogP contribution in [0.15, 0.2) is 42.5 Å². The summed E-state index contributed by atoms with van der Waals surface area (Å²) in [5.41, 5.74) is 1.64. The van der Waals surface area contributed by atoms with Crippen LogP contribution in [0.25, 0.3) is 0 Å². The molecule has 0 amide bonds. The van der Waals surface area contributed by atoms with Crippen molar-refractivity contribution < 1.29 is 18.4 Å². The quantitative estimate of drug-likeness (QED) is 0.507. The number of alkyl halides is 2. The fourth-order valence-electron chi connectivity index (χ4n) is 3.19. The molecule has 1 fully saturated rings. The molecule has 2 aromatic rings. The molecular formula is C18H17ClF2N2O3. The highest BCUT2D eigenvalue weighted by Crippen LogP contribution is 2.39. The van der Waals surface area contributed by atoms with Gasteiger partial charge in [-0.3, -0.25) is 10.1 Å². The average Bonchev–Trinajstić information content (AvgIpc) is 3.10. The van der Waals surface area contributed by atoms with Crippen molar-refractivity contribution in [1.29, 1.82) is 0 Å². The summed E-state index contributed by atoms with van der Waals surface area (Å²) in [4.78, 5) is 12.8. The third kappa shape index (κ3) is 4.04. The predicted octanol–water partition coefficient (Wildman–Crippen LogP) is 5.23. The van der Waals surface area contributed by atoms with Crippen LogP contribution in [0.5, 0.6) is 5.75 Å². The molecule has 0 bridgehead atoms. The number of nitro benzene ring substituents is 1. The molecule has 0 spiro atoms. The summed E-state index contributed by atoms with van der Waals surface area (Å²) in [5.74, 6) is 0.381. The minimum absolute atomic E-state index is 0.00111. The zero-order valence-electron chi connectivity index (χ0n) is 13.8. The molecule has 1 aliphatic heterocycles. The van der Waals surface area contributed by atoms with Gasteiger partial charge in [0.2, 0.25) is 0 Å². The van der Waals surface area contributed by atoms with Crippen LogP contribution in [0.3, 0.4) is 0 Å². The third-order valence-electron chi connectivity index (χ3n) is 4.35. The first kappa shape index (κ1) is 18.4. The van der Waals surface area contributed by atoms with Gasteiger partial charge in [0.05, 0.1) is 11.0 Å². The number of hydrogen-bond donors (Lipinski definition) is 0. The van der Waals surface area contributed by atoms with Gasteiger partial charge in [0.1, 0.15) is 17.4 Å². The van der Waals surface area contributed by atoms with Crippen molar-refractivity contribution in [3.05, 3.63) is 63.2 Å². The van der Waals surface area contributed by atoms with E-state index in [0.717, 1.165) is 30.6 Å². The topological polar surface area (TPSA) is 55.6 Å². The Morgan fingerprint density at radius 1 is 1.27 bits per heavy atom. The first-order valence-corrected chi connectivity index (χ1v) is 8.55. The van der Waals surface area contributed by atoms with Crippen LogP contribution in [-0.2, 0) is 0 Å². The molecule has 1 unspecified atom stereocenters. The third-order valence-corrected chi connectivity index (χ3v) is 4.67. The Labute approximate surface area is 154 Å². The number of nitro groups is 1. The van der Waals surface area contributed by atoms with E-state index >= 15 is 0 Å². The molecule has 1 saturated heterocycles. The molecule has 5 nitrogen and oxygen atoms in total. The van der Waals surface area contributed by atoms with Crippen LogP contribution in [0, 0.1) is 10.1 Å². The number of anilines is 1. The Kier molecular flexibility index (Phi) is 5.56. The lowest BCUT2D eigenvalue weighted by Crippen LogP contribution is -2.22. The van der Waals surface area contributed by atoms with Crippen molar-refractivity contribution in [2.45, 2.75) is 25.3 Å². The first-order chi connectivity index (χ1) is 12.5. The van der Waals surface area contributed by atoms with E-state index in [1.54, 1.807) is 24.3 Å². The smallest absolute Gasteiger partial charge is 0.288 e. The summed E-state index contributed by atoms with van der Waals surface area (Å²) >= 11 is 5.90. The van der Waals surface area contributed by atoms with E-state index in [0.29, 0.717) is 5.75 Å². The molecular weight excluding hydrogens is 366 g/mol. The average molecular weight is 383 g/mol. The van der Waals surface area contributed by atoms with Crippen LogP contribution >= 0.6 is 11.6 Å². The van der Waals surface area contributed by atoms with Crippen molar-refractivity contribution in [2.75, 3.05) is 18.1 Å². The Morgan fingerprint density at radius 3 is 2.65 bits per heavy atom. The van der Waals surface area contributed by atoms with Gasteiger partial charge >= 0.3 is 0 Å². The van der Waals surface area contributed by atoms with Gasteiger partial charge in [0.25, 0.3) is 12.1 Å².